The monoisotopic (exact) mass is 462 g/mol. The molecule has 1 saturated heterocycles. The number of aromatic nitrogens is 1. The molecule has 0 spiro atoms. The van der Waals surface area contributed by atoms with Gasteiger partial charge in [-0.05, 0) is 60.7 Å². The minimum Gasteiger partial charge on any atom is -0.497 e. The number of hydrogen-bond acceptors (Lipinski definition) is 7. The Morgan fingerprint density at radius 3 is 2.56 bits per heavy atom. The van der Waals surface area contributed by atoms with E-state index in [9.17, 15) is 23.2 Å². The molecule has 1 aromatic carbocycles. The quantitative estimate of drug-likeness (QED) is 0.394. The van der Waals surface area contributed by atoms with Crippen LogP contribution in [0, 0.1) is 5.92 Å². The number of methoxy groups -OCH3 is 1. The Morgan fingerprint density at radius 1 is 1.25 bits per heavy atom. The molecule has 3 N–H and O–H groups in total. The molecule has 1 fully saturated rings. The normalized spacial score (nSPS) is 17.8. The SMILES string of the molecule is COc1ccc(S(=O)(=O)N(Cc2ccncc2)[C@@H](C(=O)NO)C2CCNC(=O)CC2)cc1. The highest BCUT2D eigenvalue weighted by Crippen LogP contribution is 2.30. The molecule has 2 amide bonds. The van der Waals surface area contributed by atoms with Crippen molar-refractivity contribution in [2.24, 2.45) is 5.92 Å². The van der Waals surface area contributed by atoms with Crippen LogP contribution in [0.4, 0.5) is 0 Å². The van der Waals surface area contributed by atoms with Crippen molar-refractivity contribution < 1.29 is 28.0 Å². The van der Waals surface area contributed by atoms with Gasteiger partial charge < -0.3 is 10.1 Å². The zero-order chi connectivity index (χ0) is 23.1. The Balaban J connectivity index is 2.07. The highest BCUT2D eigenvalue weighted by Gasteiger charge is 2.41. The Kier molecular flexibility index (Phi) is 7.78. The van der Waals surface area contributed by atoms with Crippen LogP contribution in [0.5, 0.6) is 5.75 Å². The Hall–Kier alpha value is -3.02. The number of pyridine rings is 1. The van der Waals surface area contributed by atoms with Crippen molar-refractivity contribution in [1.82, 2.24) is 20.1 Å². The average Bonchev–Trinajstić information content (AvgIpc) is 3.03. The number of ether oxygens (including phenoxy) is 1. The summed E-state index contributed by atoms with van der Waals surface area (Å²) >= 11 is 0. The van der Waals surface area contributed by atoms with Crippen molar-refractivity contribution in [3.05, 3.63) is 54.4 Å². The van der Waals surface area contributed by atoms with E-state index >= 15 is 0 Å². The van der Waals surface area contributed by atoms with Crippen molar-refractivity contribution in [1.29, 1.82) is 0 Å². The molecule has 2 aromatic rings. The van der Waals surface area contributed by atoms with Gasteiger partial charge in [0.2, 0.25) is 15.9 Å². The van der Waals surface area contributed by atoms with E-state index in [1.807, 2.05) is 0 Å². The number of amides is 2. The van der Waals surface area contributed by atoms with Crippen LogP contribution in [0.3, 0.4) is 0 Å². The third-order valence-corrected chi connectivity index (χ3v) is 7.31. The van der Waals surface area contributed by atoms with E-state index in [1.165, 1.54) is 43.8 Å². The number of benzene rings is 1. The maximum Gasteiger partial charge on any atom is 0.262 e. The van der Waals surface area contributed by atoms with Crippen molar-refractivity contribution >= 4 is 21.8 Å². The lowest BCUT2D eigenvalue weighted by Crippen LogP contribution is -2.52. The molecule has 0 aliphatic carbocycles. The molecule has 1 unspecified atom stereocenters. The second-order valence-electron chi connectivity index (χ2n) is 7.44. The molecule has 172 valence electrons. The summed E-state index contributed by atoms with van der Waals surface area (Å²) in [7, 11) is -2.70. The first-order valence-corrected chi connectivity index (χ1v) is 11.6. The largest absolute Gasteiger partial charge is 0.497 e. The zero-order valence-corrected chi connectivity index (χ0v) is 18.4. The van der Waals surface area contributed by atoms with Gasteiger partial charge in [0, 0.05) is 31.9 Å². The summed E-state index contributed by atoms with van der Waals surface area (Å²) in [6.45, 7) is 0.192. The van der Waals surface area contributed by atoms with Crippen LogP contribution in [0.15, 0.2) is 53.7 Å². The minimum absolute atomic E-state index is 0.0223. The molecule has 0 bridgehead atoms. The van der Waals surface area contributed by atoms with Gasteiger partial charge in [-0.25, -0.2) is 13.9 Å². The molecule has 2 heterocycles. The smallest absolute Gasteiger partial charge is 0.262 e. The number of hydroxylamine groups is 1. The molecule has 1 aromatic heterocycles. The summed E-state index contributed by atoms with van der Waals surface area (Å²) in [5, 5.41) is 12.2. The van der Waals surface area contributed by atoms with Crippen LogP contribution in [0.25, 0.3) is 0 Å². The van der Waals surface area contributed by atoms with Crippen molar-refractivity contribution in [2.75, 3.05) is 13.7 Å². The fourth-order valence-electron chi connectivity index (χ4n) is 3.79. The lowest BCUT2D eigenvalue weighted by Gasteiger charge is -2.34. The molecule has 0 radical (unpaired) electrons. The number of rotatable bonds is 8. The van der Waals surface area contributed by atoms with E-state index in [2.05, 4.69) is 10.3 Å². The third kappa shape index (κ3) is 5.42. The lowest BCUT2D eigenvalue weighted by molar-refractivity contribution is -0.135. The van der Waals surface area contributed by atoms with Gasteiger partial charge in [-0.1, -0.05) is 0 Å². The fourth-order valence-corrected chi connectivity index (χ4v) is 5.43. The van der Waals surface area contributed by atoms with E-state index in [4.69, 9.17) is 4.74 Å². The van der Waals surface area contributed by atoms with Crippen molar-refractivity contribution in [3.8, 4) is 5.75 Å². The minimum atomic E-state index is -4.17. The number of nitrogens with zero attached hydrogens (tertiary/aromatic N) is 2. The van der Waals surface area contributed by atoms with Gasteiger partial charge in [0.1, 0.15) is 11.8 Å². The maximum absolute atomic E-state index is 13.7. The van der Waals surface area contributed by atoms with Gasteiger partial charge in [-0.2, -0.15) is 4.31 Å². The van der Waals surface area contributed by atoms with E-state index < -0.39 is 27.9 Å². The van der Waals surface area contributed by atoms with Gasteiger partial charge >= 0.3 is 0 Å². The van der Waals surface area contributed by atoms with Crippen LogP contribution < -0.4 is 15.5 Å². The third-order valence-electron chi connectivity index (χ3n) is 5.47. The van der Waals surface area contributed by atoms with Crippen LogP contribution in [0.2, 0.25) is 0 Å². The maximum atomic E-state index is 13.7. The highest BCUT2D eigenvalue weighted by molar-refractivity contribution is 7.89. The van der Waals surface area contributed by atoms with Gasteiger partial charge in [-0.3, -0.25) is 19.8 Å². The standard InChI is InChI=1S/C21H26N4O6S/c1-31-17-3-5-18(6-4-17)32(29,30)25(14-15-8-11-22-12-9-15)20(21(27)24-28)16-2-7-19(26)23-13-10-16/h3-6,8-9,11-12,16,20,28H,2,7,10,13-14H2,1H3,(H,23,26)(H,24,27)/t16?,20-/m1/s1. The number of hydrogen-bond donors (Lipinski definition) is 3. The first-order chi connectivity index (χ1) is 15.4. The number of carbonyl (C=O) groups excluding carboxylic acids is 2. The molecule has 3 rings (SSSR count). The van der Waals surface area contributed by atoms with Gasteiger partial charge in [0.15, 0.2) is 0 Å². The first kappa shape index (κ1) is 23.6. The van der Waals surface area contributed by atoms with Crippen molar-refractivity contribution in [2.45, 2.75) is 36.7 Å². The molecular formula is C21H26N4O6S. The van der Waals surface area contributed by atoms with E-state index in [0.29, 0.717) is 30.7 Å². The molecule has 1 aliphatic heterocycles. The van der Waals surface area contributed by atoms with E-state index in [-0.39, 0.29) is 23.8 Å². The molecule has 1 aliphatic rings. The van der Waals surface area contributed by atoms with Gasteiger partial charge in [0.05, 0.1) is 12.0 Å². The zero-order valence-electron chi connectivity index (χ0n) is 17.6. The van der Waals surface area contributed by atoms with E-state index in [1.54, 1.807) is 17.6 Å². The summed E-state index contributed by atoms with van der Waals surface area (Å²) in [6, 6.07) is 7.93. The Labute approximate surface area is 186 Å². The summed E-state index contributed by atoms with van der Waals surface area (Å²) < 4.78 is 33.6. The van der Waals surface area contributed by atoms with E-state index in [0.717, 1.165) is 4.31 Å². The van der Waals surface area contributed by atoms with Crippen molar-refractivity contribution in [3.63, 3.8) is 0 Å². The second kappa shape index (κ2) is 10.5. The molecular weight excluding hydrogens is 436 g/mol. The Bertz CT molecular complexity index is 1030. The summed E-state index contributed by atoms with van der Waals surface area (Å²) in [6.07, 6.45) is 3.90. The first-order valence-electron chi connectivity index (χ1n) is 10.1. The lowest BCUT2D eigenvalue weighted by atomic mass is 9.91. The number of sulfonamides is 1. The highest BCUT2D eigenvalue weighted by atomic mass is 32.2. The second-order valence-corrected chi connectivity index (χ2v) is 9.33. The Morgan fingerprint density at radius 2 is 1.94 bits per heavy atom. The van der Waals surface area contributed by atoms with Crippen LogP contribution >= 0.6 is 0 Å². The number of carbonyl (C=O) groups is 2. The molecule has 11 heteroatoms. The number of nitrogens with one attached hydrogen (secondary N) is 2. The predicted molar refractivity (Wildman–Crippen MR) is 114 cm³/mol. The van der Waals surface area contributed by atoms with Gasteiger partial charge in [-0.15, -0.1) is 0 Å². The predicted octanol–water partition coefficient (Wildman–Crippen LogP) is 1.07. The summed E-state index contributed by atoms with van der Waals surface area (Å²) in [4.78, 5) is 28.6. The molecule has 32 heavy (non-hydrogen) atoms. The average molecular weight is 463 g/mol. The fraction of sp³-hybridized carbons (Fsp3) is 0.381. The summed E-state index contributed by atoms with van der Waals surface area (Å²) in [5.41, 5.74) is 2.24. The van der Waals surface area contributed by atoms with Crippen LogP contribution in [-0.2, 0) is 26.2 Å². The molecule has 2 atom stereocenters. The molecule has 0 saturated carbocycles. The van der Waals surface area contributed by atoms with Crippen LogP contribution in [0.1, 0.15) is 24.8 Å². The summed E-state index contributed by atoms with van der Waals surface area (Å²) in [5.74, 6) is -1.01. The topological polar surface area (TPSA) is 138 Å². The van der Waals surface area contributed by atoms with Crippen LogP contribution in [-0.4, -0.2) is 54.4 Å². The van der Waals surface area contributed by atoms with Gasteiger partial charge in [0.25, 0.3) is 5.91 Å². The molecule has 10 nitrogen and oxygen atoms in total.